The Balaban J connectivity index is 2.48. The second kappa shape index (κ2) is 5.36. The lowest BCUT2D eigenvalue weighted by Gasteiger charge is -1.99. The number of rotatable bonds is 5. The van der Waals surface area contributed by atoms with Gasteiger partial charge in [-0.15, -0.1) is 6.58 Å². The Labute approximate surface area is 80.6 Å². The van der Waals surface area contributed by atoms with Crippen molar-refractivity contribution >= 4 is 6.08 Å². The summed E-state index contributed by atoms with van der Waals surface area (Å²) in [6.45, 7) is 7.43. The summed E-state index contributed by atoms with van der Waals surface area (Å²) in [6.07, 6.45) is 7.27. The van der Waals surface area contributed by atoms with Gasteiger partial charge in [0.25, 0.3) is 0 Å². The summed E-state index contributed by atoms with van der Waals surface area (Å²) in [6, 6.07) is 8.55. The third-order valence-electron chi connectivity index (χ3n) is 2.09. The molecule has 0 atom stereocenters. The molecule has 0 N–H and O–H groups in total. The Bertz CT molecular complexity index is 267. The first-order valence-corrected chi connectivity index (χ1v) is 4.69. The molecule has 0 unspecified atom stereocenters. The highest BCUT2D eigenvalue weighted by Crippen LogP contribution is 2.08. The van der Waals surface area contributed by atoms with Crippen LogP contribution in [0.5, 0.6) is 0 Å². The third kappa shape index (κ3) is 3.29. The SMILES string of the molecule is C=CCCCc1ccc(C=C)cc1. The van der Waals surface area contributed by atoms with Gasteiger partial charge in [-0.25, -0.2) is 0 Å². The van der Waals surface area contributed by atoms with Crippen LogP contribution < -0.4 is 0 Å². The molecule has 0 amide bonds. The van der Waals surface area contributed by atoms with E-state index < -0.39 is 0 Å². The van der Waals surface area contributed by atoms with E-state index in [0.29, 0.717) is 0 Å². The summed E-state index contributed by atoms with van der Waals surface area (Å²) in [5, 5.41) is 0. The maximum atomic E-state index is 3.72. The molecule has 0 heterocycles. The Morgan fingerprint density at radius 1 is 1.08 bits per heavy atom. The van der Waals surface area contributed by atoms with Gasteiger partial charge in [-0.2, -0.15) is 0 Å². The van der Waals surface area contributed by atoms with Gasteiger partial charge in [0.05, 0.1) is 0 Å². The first kappa shape index (κ1) is 9.79. The van der Waals surface area contributed by atoms with E-state index in [1.54, 1.807) is 0 Å². The molecule has 0 aliphatic heterocycles. The smallest absolute Gasteiger partial charge is 0.0262 e. The molecule has 68 valence electrons. The minimum absolute atomic E-state index is 1.10. The molecule has 0 heteroatoms. The molecule has 0 radical (unpaired) electrons. The quantitative estimate of drug-likeness (QED) is 0.467. The van der Waals surface area contributed by atoms with E-state index in [1.165, 1.54) is 17.5 Å². The first-order valence-electron chi connectivity index (χ1n) is 4.69. The maximum absolute atomic E-state index is 3.72. The highest BCUT2D eigenvalue weighted by molar-refractivity contribution is 5.47. The molecule has 1 aromatic carbocycles. The highest BCUT2D eigenvalue weighted by Gasteiger charge is 1.91. The normalized spacial score (nSPS) is 9.54. The van der Waals surface area contributed by atoms with Gasteiger partial charge in [0.15, 0.2) is 0 Å². The number of hydrogen-bond donors (Lipinski definition) is 0. The van der Waals surface area contributed by atoms with Crippen LogP contribution in [0.2, 0.25) is 0 Å². The van der Waals surface area contributed by atoms with Crippen molar-refractivity contribution < 1.29 is 0 Å². The van der Waals surface area contributed by atoms with Crippen LogP contribution in [0.1, 0.15) is 24.0 Å². The van der Waals surface area contributed by atoms with Gasteiger partial charge in [0.2, 0.25) is 0 Å². The van der Waals surface area contributed by atoms with Gasteiger partial charge in [-0.1, -0.05) is 43.0 Å². The summed E-state index contributed by atoms with van der Waals surface area (Å²) in [5.74, 6) is 0. The van der Waals surface area contributed by atoms with Crippen molar-refractivity contribution in [1.82, 2.24) is 0 Å². The first-order chi connectivity index (χ1) is 6.36. The van der Waals surface area contributed by atoms with Gasteiger partial charge in [0.1, 0.15) is 0 Å². The summed E-state index contributed by atoms with van der Waals surface area (Å²) in [7, 11) is 0. The Morgan fingerprint density at radius 3 is 2.31 bits per heavy atom. The summed E-state index contributed by atoms with van der Waals surface area (Å²) in [5.41, 5.74) is 2.58. The van der Waals surface area contributed by atoms with E-state index in [4.69, 9.17) is 0 Å². The second-order valence-corrected chi connectivity index (χ2v) is 3.13. The maximum Gasteiger partial charge on any atom is -0.0262 e. The molecule has 0 fully saturated rings. The average Bonchev–Trinajstić information content (AvgIpc) is 2.19. The van der Waals surface area contributed by atoms with Crippen LogP contribution >= 0.6 is 0 Å². The summed E-state index contributed by atoms with van der Waals surface area (Å²) < 4.78 is 0. The predicted octanol–water partition coefficient (Wildman–Crippen LogP) is 3.84. The average molecular weight is 172 g/mol. The van der Waals surface area contributed by atoms with Crippen molar-refractivity contribution in [2.45, 2.75) is 19.3 Å². The predicted molar refractivity (Wildman–Crippen MR) is 59.7 cm³/mol. The number of unbranched alkanes of at least 4 members (excludes halogenated alkanes) is 1. The lowest BCUT2D eigenvalue weighted by Crippen LogP contribution is -1.84. The van der Waals surface area contributed by atoms with Crippen molar-refractivity contribution in [3.8, 4) is 0 Å². The number of aryl methyl sites for hydroxylation is 1. The van der Waals surface area contributed by atoms with E-state index in [2.05, 4.69) is 37.4 Å². The molecule has 0 saturated heterocycles. The Hall–Kier alpha value is -1.30. The monoisotopic (exact) mass is 172 g/mol. The lowest BCUT2D eigenvalue weighted by molar-refractivity contribution is 0.844. The van der Waals surface area contributed by atoms with Gasteiger partial charge in [0, 0.05) is 0 Å². The summed E-state index contributed by atoms with van der Waals surface area (Å²) in [4.78, 5) is 0. The third-order valence-corrected chi connectivity index (χ3v) is 2.09. The molecule has 1 aromatic rings. The van der Waals surface area contributed by atoms with Crippen LogP contribution in [-0.2, 0) is 6.42 Å². The lowest BCUT2D eigenvalue weighted by atomic mass is 10.1. The highest BCUT2D eigenvalue weighted by atomic mass is 14.0. The largest absolute Gasteiger partial charge is 0.103 e. The van der Waals surface area contributed by atoms with Crippen LogP contribution in [-0.4, -0.2) is 0 Å². The number of allylic oxidation sites excluding steroid dienone is 1. The van der Waals surface area contributed by atoms with E-state index in [1.807, 2.05) is 12.2 Å². The zero-order chi connectivity index (χ0) is 9.52. The van der Waals surface area contributed by atoms with Crippen molar-refractivity contribution in [2.75, 3.05) is 0 Å². The van der Waals surface area contributed by atoms with Crippen molar-refractivity contribution in [3.05, 3.63) is 54.6 Å². The van der Waals surface area contributed by atoms with Crippen molar-refractivity contribution in [3.63, 3.8) is 0 Å². The standard InChI is InChI=1S/C13H16/c1-3-5-6-7-13-10-8-12(4-2)9-11-13/h3-4,8-11H,1-2,5-7H2. The van der Waals surface area contributed by atoms with Crippen LogP contribution in [0.15, 0.2) is 43.5 Å². The fourth-order valence-corrected chi connectivity index (χ4v) is 1.27. The van der Waals surface area contributed by atoms with Crippen LogP contribution in [0.25, 0.3) is 6.08 Å². The Kier molecular flexibility index (Phi) is 4.04. The van der Waals surface area contributed by atoms with Crippen LogP contribution in [0.3, 0.4) is 0 Å². The molecule has 0 aliphatic carbocycles. The number of hydrogen-bond acceptors (Lipinski definition) is 0. The Morgan fingerprint density at radius 2 is 1.77 bits per heavy atom. The van der Waals surface area contributed by atoms with E-state index in [0.717, 1.165) is 12.8 Å². The molecule has 0 nitrogen and oxygen atoms in total. The van der Waals surface area contributed by atoms with E-state index >= 15 is 0 Å². The zero-order valence-electron chi connectivity index (χ0n) is 8.00. The molecule has 0 aromatic heterocycles. The van der Waals surface area contributed by atoms with Gasteiger partial charge >= 0.3 is 0 Å². The number of benzene rings is 1. The molecule has 1 rings (SSSR count). The van der Waals surface area contributed by atoms with Gasteiger partial charge < -0.3 is 0 Å². The van der Waals surface area contributed by atoms with Crippen molar-refractivity contribution in [2.24, 2.45) is 0 Å². The molecule has 0 bridgehead atoms. The zero-order valence-corrected chi connectivity index (χ0v) is 8.00. The van der Waals surface area contributed by atoms with E-state index in [-0.39, 0.29) is 0 Å². The molecular formula is C13H16. The molecule has 13 heavy (non-hydrogen) atoms. The van der Waals surface area contributed by atoms with Gasteiger partial charge in [-0.05, 0) is 30.4 Å². The molecule has 0 aliphatic rings. The van der Waals surface area contributed by atoms with Crippen LogP contribution in [0.4, 0.5) is 0 Å². The second-order valence-electron chi connectivity index (χ2n) is 3.13. The molecule has 0 spiro atoms. The minimum atomic E-state index is 1.10. The van der Waals surface area contributed by atoms with Crippen molar-refractivity contribution in [1.29, 1.82) is 0 Å². The summed E-state index contributed by atoms with van der Waals surface area (Å²) >= 11 is 0. The van der Waals surface area contributed by atoms with Gasteiger partial charge in [-0.3, -0.25) is 0 Å². The fraction of sp³-hybridized carbons (Fsp3) is 0.231. The van der Waals surface area contributed by atoms with Crippen LogP contribution in [0, 0.1) is 0 Å². The fourth-order valence-electron chi connectivity index (χ4n) is 1.27. The topological polar surface area (TPSA) is 0 Å². The minimum Gasteiger partial charge on any atom is -0.103 e. The molecule has 0 saturated carbocycles. The van der Waals surface area contributed by atoms with E-state index in [9.17, 15) is 0 Å². The molecular weight excluding hydrogens is 156 g/mol.